The van der Waals surface area contributed by atoms with Crippen LogP contribution < -0.4 is 0 Å². The highest BCUT2D eigenvalue weighted by atomic mass is 32.2. The molecule has 0 saturated carbocycles. The molecule has 1 aromatic carbocycles. The van der Waals surface area contributed by atoms with E-state index in [4.69, 9.17) is 4.65 Å². The molecule has 0 bridgehead atoms. The molecule has 18 heavy (non-hydrogen) atoms. The summed E-state index contributed by atoms with van der Waals surface area (Å²) in [5.41, 5.74) is 0. The van der Waals surface area contributed by atoms with Gasteiger partial charge in [-0.1, -0.05) is 32.0 Å². The first kappa shape index (κ1) is 13.1. The van der Waals surface area contributed by atoms with Crippen LogP contribution in [0.5, 0.6) is 0 Å². The summed E-state index contributed by atoms with van der Waals surface area (Å²) in [6, 6.07) is 7.18. The SMILES string of the molecule is CC(C)C1C(=O)O[B]N1S(=O)(=O)c1ccccc1. The Morgan fingerprint density at radius 3 is 2.44 bits per heavy atom. The fraction of sp³-hybridized carbons (Fsp3) is 0.364. The van der Waals surface area contributed by atoms with E-state index in [9.17, 15) is 13.2 Å². The van der Waals surface area contributed by atoms with Crippen molar-refractivity contribution in [2.45, 2.75) is 24.8 Å². The molecule has 1 aliphatic heterocycles. The Labute approximate surface area is 107 Å². The third-order valence-electron chi connectivity index (χ3n) is 2.74. The van der Waals surface area contributed by atoms with Gasteiger partial charge in [0.1, 0.15) is 6.04 Å². The van der Waals surface area contributed by atoms with Crippen LogP contribution in [0.25, 0.3) is 0 Å². The van der Waals surface area contributed by atoms with Crippen molar-refractivity contribution in [2.24, 2.45) is 5.92 Å². The van der Waals surface area contributed by atoms with Gasteiger partial charge in [0.15, 0.2) is 0 Å². The number of nitrogens with zero attached hydrogens (tertiary/aromatic N) is 1. The fourth-order valence-electron chi connectivity index (χ4n) is 1.83. The first-order valence-corrected chi connectivity index (χ1v) is 7.01. The van der Waals surface area contributed by atoms with E-state index in [1.807, 2.05) is 0 Å². The molecule has 5 nitrogen and oxygen atoms in total. The smallest absolute Gasteiger partial charge is 0.498 e. The Morgan fingerprint density at radius 2 is 1.89 bits per heavy atom. The van der Waals surface area contributed by atoms with Gasteiger partial charge >= 0.3 is 13.6 Å². The highest BCUT2D eigenvalue weighted by Gasteiger charge is 2.45. The van der Waals surface area contributed by atoms with Crippen molar-refractivity contribution in [3.05, 3.63) is 30.3 Å². The Hall–Kier alpha value is -1.34. The zero-order valence-corrected chi connectivity index (χ0v) is 10.9. The standard InChI is InChI=1S/C11H13BNO4S/c1-8(2)10-11(14)17-12-13(10)18(15,16)9-6-4-3-5-7-9/h3-8,10H,1-2H3. The second-order valence-electron chi connectivity index (χ2n) is 4.38. The van der Waals surface area contributed by atoms with E-state index in [2.05, 4.69) is 0 Å². The number of hydrogen-bond acceptors (Lipinski definition) is 4. The molecule has 1 aromatic rings. The Balaban J connectivity index is 2.40. The molecule has 95 valence electrons. The molecule has 0 aliphatic carbocycles. The highest BCUT2D eigenvalue weighted by molar-refractivity contribution is 7.90. The number of rotatable bonds is 3. The van der Waals surface area contributed by atoms with Crippen LogP contribution in [0.4, 0.5) is 0 Å². The Kier molecular flexibility index (Phi) is 3.45. The van der Waals surface area contributed by atoms with Crippen molar-refractivity contribution in [3.63, 3.8) is 0 Å². The lowest BCUT2D eigenvalue weighted by Gasteiger charge is -2.22. The normalized spacial score (nSPS) is 20.8. The number of carbonyl (C=O) groups is 1. The molecule has 7 heteroatoms. The van der Waals surface area contributed by atoms with Crippen LogP contribution in [-0.4, -0.2) is 32.3 Å². The minimum atomic E-state index is -3.73. The maximum absolute atomic E-state index is 12.4. The van der Waals surface area contributed by atoms with Crippen LogP contribution in [-0.2, 0) is 19.5 Å². The predicted molar refractivity (Wildman–Crippen MR) is 65.9 cm³/mol. The van der Waals surface area contributed by atoms with Gasteiger partial charge in [0, 0.05) is 0 Å². The molecule has 1 aliphatic rings. The maximum atomic E-state index is 12.4. The summed E-state index contributed by atoms with van der Waals surface area (Å²) >= 11 is 0. The van der Waals surface area contributed by atoms with Gasteiger partial charge in [0.25, 0.3) is 0 Å². The quantitative estimate of drug-likeness (QED) is 0.759. The van der Waals surface area contributed by atoms with Crippen molar-refractivity contribution in [3.8, 4) is 0 Å². The third kappa shape index (κ3) is 2.15. The van der Waals surface area contributed by atoms with Crippen LogP contribution >= 0.6 is 0 Å². The Bertz CT molecular complexity index is 543. The lowest BCUT2D eigenvalue weighted by molar-refractivity contribution is -0.135. The average Bonchev–Trinajstić information content (AvgIpc) is 2.73. The van der Waals surface area contributed by atoms with Crippen LogP contribution in [0.15, 0.2) is 35.2 Å². The highest BCUT2D eigenvalue weighted by Crippen LogP contribution is 2.25. The predicted octanol–water partition coefficient (Wildman–Crippen LogP) is 0.793. The van der Waals surface area contributed by atoms with Crippen molar-refractivity contribution >= 4 is 23.6 Å². The van der Waals surface area contributed by atoms with Gasteiger partial charge < -0.3 is 4.65 Å². The molecule has 1 fully saturated rings. The fourth-order valence-corrected chi connectivity index (χ4v) is 3.36. The summed E-state index contributed by atoms with van der Waals surface area (Å²) in [6.07, 6.45) is 0. The topological polar surface area (TPSA) is 63.7 Å². The van der Waals surface area contributed by atoms with Crippen molar-refractivity contribution in [1.29, 1.82) is 0 Å². The first-order chi connectivity index (χ1) is 8.44. The van der Waals surface area contributed by atoms with Gasteiger partial charge in [-0.25, -0.2) is 8.42 Å². The molecule has 1 saturated heterocycles. The second-order valence-corrected chi connectivity index (χ2v) is 6.22. The van der Waals surface area contributed by atoms with Gasteiger partial charge in [0.05, 0.1) is 4.90 Å². The summed E-state index contributed by atoms with van der Waals surface area (Å²) in [4.78, 5) is 11.7. The van der Waals surface area contributed by atoms with Crippen LogP contribution in [0.1, 0.15) is 13.8 Å². The number of hydrogen-bond donors (Lipinski definition) is 0. The molecule has 1 heterocycles. The molecule has 0 aromatic heterocycles. The molecule has 0 N–H and O–H groups in total. The van der Waals surface area contributed by atoms with E-state index in [0.29, 0.717) is 0 Å². The summed E-state index contributed by atoms with van der Waals surface area (Å²) < 4.78 is 30.4. The molecule has 0 amide bonds. The molecule has 0 spiro atoms. The second kappa shape index (κ2) is 4.74. The van der Waals surface area contributed by atoms with Gasteiger partial charge in [-0.05, 0) is 18.1 Å². The van der Waals surface area contributed by atoms with E-state index in [-0.39, 0.29) is 10.8 Å². The molecule has 1 atom stereocenters. The number of carbonyl (C=O) groups excluding carboxylic acids is 1. The van der Waals surface area contributed by atoms with Gasteiger partial charge in [0.2, 0.25) is 10.0 Å². The Morgan fingerprint density at radius 1 is 1.28 bits per heavy atom. The van der Waals surface area contributed by atoms with E-state index in [1.165, 1.54) is 12.1 Å². The number of benzene rings is 1. The van der Waals surface area contributed by atoms with Gasteiger partial charge in [-0.2, -0.15) is 4.22 Å². The maximum Gasteiger partial charge on any atom is 0.498 e. The van der Waals surface area contributed by atoms with Crippen molar-refractivity contribution < 1.29 is 17.9 Å². The van der Waals surface area contributed by atoms with E-state index >= 15 is 0 Å². The van der Waals surface area contributed by atoms with Crippen molar-refractivity contribution in [2.75, 3.05) is 0 Å². The lowest BCUT2D eigenvalue weighted by Crippen LogP contribution is -2.42. The van der Waals surface area contributed by atoms with E-state index in [0.717, 1.165) is 11.8 Å². The van der Waals surface area contributed by atoms with Crippen molar-refractivity contribution in [1.82, 2.24) is 4.22 Å². The summed E-state index contributed by atoms with van der Waals surface area (Å²) in [5, 5.41) is 0. The number of sulfonamides is 1. The molecule has 2 rings (SSSR count). The molecule has 1 unspecified atom stereocenters. The molecule has 1 radical (unpaired) electrons. The minimum Gasteiger partial charge on any atom is -0.520 e. The van der Waals surface area contributed by atoms with Crippen LogP contribution in [0.3, 0.4) is 0 Å². The molecular weight excluding hydrogens is 253 g/mol. The van der Waals surface area contributed by atoms with Crippen LogP contribution in [0.2, 0.25) is 0 Å². The zero-order valence-electron chi connectivity index (χ0n) is 10.1. The molecular formula is C11H13BNO4S. The van der Waals surface area contributed by atoms with Gasteiger partial charge in [-0.15, -0.1) is 0 Å². The first-order valence-electron chi connectivity index (χ1n) is 5.57. The third-order valence-corrected chi connectivity index (χ3v) is 4.47. The summed E-state index contributed by atoms with van der Waals surface area (Å²) in [5.74, 6) is -0.695. The van der Waals surface area contributed by atoms with Gasteiger partial charge in [-0.3, -0.25) is 4.79 Å². The summed E-state index contributed by atoms with van der Waals surface area (Å²) in [7, 11) is -2.75. The monoisotopic (exact) mass is 266 g/mol. The largest absolute Gasteiger partial charge is 0.520 e. The average molecular weight is 266 g/mol. The zero-order chi connectivity index (χ0) is 13.3. The lowest BCUT2D eigenvalue weighted by atomic mass is 10.0. The summed E-state index contributed by atoms with van der Waals surface area (Å²) in [6.45, 7) is 3.55. The minimum absolute atomic E-state index is 0.144. The van der Waals surface area contributed by atoms with E-state index in [1.54, 1.807) is 32.0 Å². The van der Waals surface area contributed by atoms with E-state index < -0.39 is 22.0 Å². The van der Waals surface area contributed by atoms with Crippen LogP contribution in [0, 0.1) is 5.92 Å².